The van der Waals surface area contributed by atoms with E-state index in [2.05, 4.69) is 5.32 Å². The molecule has 0 aliphatic carbocycles. The highest BCUT2D eigenvalue weighted by Gasteiger charge is 2.27. The molecule has 3 rings (SSSR count). The van der Waals surface area contributed by atoms with Gasteiger partial charge >= 0.3 is 0 Å². The van der Waals surface area contributed by atoms with E-state index in [4.69, 9.17) is 23.2 Å². The van der Waals surface area contributed by atoms with Gasteiger partial charge in [0.25, 0.3) is 0 Å². The number of anilines is 1. The Morgan fingerprint density at radius 1 is 0.933 bits per heavy atom. The van der Waals surface area contributed by atoms with E-state index >= 15 is 0 Å². The molecule has 0 heterocycles. The van der Waals surface area contributed by atoms with Gasteiger partial charge in [0.05, 0.1) is 11.4 Å². The smallest absolute Gasteiger partial charge is 0.243 e. The third-order valence-corrected chi connectivity index (χ3v) is 6.84. The Morgan fingerprint density at radius 3 is 2.20 bits per heavy atom. The summed E-state index contributed by atoms with van der Waals surface area (Å²) >= 11 is 12.1. The van der Waals surface area contributed by atoms with Crippen LogP contribution in [0.5, 0.6) is 0 Å². The van der Waals surface area contributed by atoms with Crippen molar-refractivity contribution in [3.63, 3.8) is 0 Å². The lowest BCUT2D eigenvalue weighted by Gasteiger charge is -2.22. The zero-order valence-electron chi connectivity index (χ0n) is 16.2. The summed E-state index contributed by atoms with van der Waals surface area (Å²) in [6.45, 7) is 1.46. The van der Waals surface area contributed by atoms with E-state index in [0.29, 0.717) is 21.3 Å². The van der Waals surface area contributed by atoms with E-state index < -0.39 is 15.9 Å². The van der Waals surface area contributed by atoms with Crippen LogP contribution in [0.4, 0.5) is 5.69 Å². The molecule has 0 saturated heterocycles. The number of rotatable bonds is 7. The molecule has 5 nitrogen and oxygen atoms in total. The molecule has 0 fully saturated rings. The van der Waals surface area contributed by atoms with E-state index in [1.165, 1.54) is 12.1 Å². The van der Waals surface area contributed by atoms with Crippen LogP contribution in [0.2, 0.25) is 10.0 Å². The average Bonchev–Trinajstić information content (AvgIpc) is 2.71. The number of halogens is 2. The molecule has 1 amide bonds. The molecular weight excluding hydrogens is 443 g/mol. The van der Waals surface area contributed by atoms with Gasteiger partial charge in [-0.2, -0.15) is 4.31 Å². The van der Waals surface area contributed by atoms with Gasteiger partial charge in [-0.15, -0.1) is 0 Å². The molecule has 0 bridgehead atoms. The summed E-state index contributed by atoms with van der Waals surface area (Å²) in [6, 6.07) is 20.0. The average molecular weight is 463 g/mol. The summed E-state index contributed by atoms with van der Waals surface area (Å²) in [7, 11) is -3.93. The van der Waals surface area contributed by atoms with Gasteiger partial charge in [0.2, 0.25) is 15.9 Å². The van der Waals surface area contributed by atoms with Gasteiger partial charge in [0, 0.05) is 22.3 Å². The number of hydrogen-bond acceptors (Lipinski definition) is 3. The minimum atomic E-state index is -3.93. The van der Waals surface area contributed by atoms with Crippen LogP contribution < -0.4 is 5.32 Å². The summed E-state index contributed by atoms with van der Waals surface area (Å²) in [5, 5.41) is 3.66. The normalized spacial score (nSPS) is 11.5. The standard InChI is InChI=1S/C22H20Cl2N2O3S/c1-16-6-12-20(13-7-16)30(28,29)26(14-17-4-2-3-5-21(17)24)15-22(27)25-19-10-8-18(23)9-11-19/h2-13H,14-15H2,1H3,(H,25,27). The van der Waals surface area contributed by atoms with Gasteiger partial charge < -0.3 is 5.32 Å². The molecule has 0 saturated carbocycles. The molecule has 0 aliphatic heterocycles. The Balaban J connectivity index is 1.88. The van der Waals surface area contributed by atoms with Crippen molar-refractivity contribution in [2.45, 2.75) is 18.4 Å². The molecular formula is C22H20Cl2N2O3S. The summed E-state index contributed by atoms with van der Waals surface area (Å²) in [5.74, 6) is -0.472. The maximum absolute atomic E-state index is 13.3. The van der Waals surface area contributed by atoms with Crippen LogP contribution in [-0.4, -0.2) is 25.2 Å². The Labute approximate surface area is 186 Å². The van der Waals surface area contributed by atoms with E-state index in [-0.39, 0.29) is 18.0 Å². The van der Waals surface area contributed by atoms with Crippen molar-refractivity contribution in [3.05, 3.63) is 94.0 Å². The first-order chi connectivity index (χ1) is 14.3. The van der Waals surface area contributed by atoms with Crippen LogP contribution in [0.25, 0.3) is 0 Å². The van der Waals surface area contributed by atoms with E-state index in [1.54, 1.807) is 60.7 Å². The number of benzene rings is 3. The molecule has 0 unspecified atom stereocenters. The zero-order chi connectivity index (χ0) is 21.7. The maximum Gasteiger partial charge on any atom is 0.243 e. The number of nitrogens with zero attached hydrogens (tertiary/aromatic N) is 1. The predicted octanol–water partition coefficient (Wildman–Crippen LogP) is 5.13. The van der Waals surface area contributed by atoms with Crippen LogP contribution in [0.3, 0.4) is 0 Å². The second-order valence-corrected chi connectivity index (χ2v) is 9.51. The largest absolute Gasteiger partial charge is 0.325 e. The van der Waals surface area contributed by atoms with Crippen LogP contribution in [0, 0.1) is 6.92 Å². The highest BCUT2D eigenvalue weighted by molar-refractivity contribution is 7.89. The van der Waals surface area contributed by atoms with Crippen LogP contribution in [0.1, 0.15) is 11.1 Å². The predicted molar refractivity (Wildman–Crippen MR) is 120 cm³/mol. The first-order valence-corrected chi connectivity index (χ1v) is 11.3. The first-order valence-electron chi connectivity index (χ1n) is 9.11. The zero-order valence-corrected chi connectivity index (χ0v) is 18.5. The molecule has 0 spiro atoms. The highest BCUT2D eigenvalue weighted by Crippen LogP contribution is 2.23. The lowest BCUT2D eigenvalue weighted by Crippen LogP contribution is -2.37. The molecule has 1 N–H and O–H groups in total. The molecule has 30 heavy (non-hydrogen) atoms. The van der Waals surface area contributed by atoms with E-state index in [0.717, 1.165) is 9.87 Å². The molecule has 0 aliphatic rings. The number of carbonyl (C=O) groups excluding carboxylic acids is 1. The Hall–Kier alpha value is -2.38. The van der Waals surface area contributed by atoms with Crippen molar-refractivity contribution in [2.75, 3.05) is 11.9 Å². The quantitative estimate of drug-likeness (QED) is 0.528. The maximum atomic E-state index is 13.3. The van der Waals surface area contributed by atoms with Crippen LogP contribution >= 0.6 is 23.2 Å². The van der Waals surface area contributed by atoms with Crippen molar-refractivity contribution in [3.8, 4) is 0 Å². The third-order valence-electron chi connectivity index (χ3n) is 4.41. The highest BCUT2D eigenvalue weighted by atomic mass is 35.5. The second-order valence-electron chi connectivity index (χ2n) is 6.73. The van der Waals surface area contributed by atoms with E-state index in [9.17, 15) is 13.2 Å². The molecule has 0 aromatic heterocycles. The van der Waals surface area contributed by atoms with Gasteiger partial charge in [0.15, 0.2) is 0 Å². The Morgan fingerprint density at radius 2 is 1.57 bits per heavy atom. The number of nitrogens with one attached hydrogen (secondary N) is 1. The molecule has 3 aromatic rings. The van der Waals surface area contributed by atoms with Crippen molar-refractivity contribution in [2.24, 2.45) is 0 Å². The molecule has 156 valence electrons. The van der Waals surface area contributed by atoms with Crippen molar-refractivity contribution in [1.29, 1.82) is 0 Å². The fraction of sp³-hybridized carbons (Fsp3) is 0.136. The molecule has 0 radical (unpaired) electrons. The minimum absolute atomic E-state index is 0.0378. The van der Waals surface area contributed by atoms with Crippen molar-refractivity contribution >= 4 is 44.8 Å². The second kappa shape index (κ2) is 9.62. The Kier molecular flexibility index (Phi) is 7.15. The van der Waals surface area contributed by atoms with E-state index in [1.807, 2.05) is 6.92 Å². The number of amides is 1. The summed E-state index contributed by atoms with van der Waals surface area (Å²) in [4.78, 5) is 12.7. The fourth-order valence-corrected chi connectivity index (χ4v) is 4.49. The molecule has 8 heteroatoms. The monoisotopic (exact) mass is 462 g/mol. The number of aryl methyl sites for hydroxylation is 1. The first kappa shape index (κ1) is 22.3. The molecule has 3 aromatic carbocycles. The summed E-state index contributed by atoms with van der Waals surface area (Å²) in [6.07, 6.45) is 0. The van der Waals surface area contributed by atoms with Crippen LogP contribution in [0.15, 0.2) is 77.7 Å². The van der Waals surface area contributed by atoms with Crippen molar-refractivity contribution in [1.82, 2.24) is 4.31 Å². The summed E-state index contributed by atoms with van der Waals surface area (Å²) < 4.78 is 27.7. The van der Waals surface area contributed by atoms with Gasteiger partial charge in [-0.25, -0.2) is 8.42 Å². The number of hydrogen-bond donors (Lipinski definition) is 1. The SMILES string of the molecule is Cc1ccc(S(=O)(=O)N(CC(=O)Nc2ccc(Cl)cc2)Cc2ccccc2Cl)cc1. The van der Waals surface area contributed by atoms with Gasteiger partial charge in [0.1, 0.15) is 0 Å². The Bertz CT molecular complexity index is 1130. The minimum Gasteiger partial charge on any atom is -0.325 e. The van der Waals surface area contributed by atoms with Gasteiger partial charge in [-0.05, 0) is 55.0 Å². The third kappa shape index (κ3) is 5.61. The number of sulfonamides is 1. The summed E-state index contributed by atoms with van der Waals surface area (Å²) in [5.41, 5.74) is 2.07. The van der Waals surface area contributed by atoms with Crippen molar-refractivity contribution < 1.29 is 13.2 Å². The van der Waals surface area contributed by atoms with Gasteiger partial charge in [-0.1, -0.05) is 59.1 Å². The lowest BCUT2D eigenvalue weighted by molar-refractivity contribution is -0.116. The number of carbonyl (C=O) groups is 1. The van der Waals surface area contributed by atoms with Crippen LogP contribution in [-0.2, 0) is 21.4 Å². The van der Waals surface area contributed by atoms with Gasteiger partial charge in [-0.3, -0.25) is 4.79 Å². The lowest BCUT2D eigenvalue weighted by atomic mass is 10.2. The topological polar surface area (TPSA) is 66.5 Å². The fourth-order valence-electron chi connectivity index (χ4n) is 2.80. The molecule has 0 atom stereocenters.